The van der Waals surface area contributed by atoms with Gasteiger partial charge in [0, 0.05) is 12.4 Å². The van der Waals surface area contributed by atoms with Crippen LogP contribution in [-0.4, -0.2) is 29.0 Å². The molecule has 6 nitrogen and oxygen atoms in total. The fourth-order valence-corrected chi connectivity index (χ4v) is 2.71. The van der Waals surface area contributed by atoms with Crippen LogP contribution < -0.4 is 10.1 Å². The molecule has 0 aliphatic rings. The Morgan fingerprint density at radius 1 is 1.08 bits per heavy atom. The minimum Gasteiger partial charge on any atom is -0.492 e. The van der Waals surface area contributed by atoms with Crippen molar-refractivity contribution in [3.63, 3.8) is 0 Å². The van der Waals surface area contributed by atoms with E-state index in [1.54, 1.807) is 30.6 Å². The van der Waals surface area contributed by atoms with E-state index in [4.69, 9.17) is 9.15 Å². The monoisotopic (exact) mass is 355 g/mol. The molecular weight excluding hydrogens is 338 g/mol. The number of benzene rings is 1. The maximum absolute atomic E-state index is 12.1. The minimum atomic E-state index is -0.260. The molecule has 1 aromatic carbocycles. The number of carbonyl (C=O) groups excluding carboxylic acids is 1. The first kappa shape index (κ1) is 17.0. The van der Waals surface area contributed by atoms with Crippen molar-refractivity contribution in [3.8, 4) is 5.75 Å². The van der Waals surface area contributed by atoms with Crippen molar-refractivity contribution in [2.75, 3.05) is 13.2 Å². The summed E-state index contributed by atoms with van der Waals surface area (Å²) in [4.78, 5) is 20.3. The van der Waals surface area contributed by atoms with E-state index < -0.39 is 0 Å². The van der Waals surface area contributed by atoms with Crippen LogP contribution in [0, 0.1) is 0 Å². The van der Waals surface area contributed by atoms with Gasteiger partial charge in [-0.1, -0.05) is 30.0 Å². The third kappa shape index (κ3) is 5.36. The zero-order valence-electron chi connectivity index (χ0n) is 13.4. The Labute approximate surface area is 149 Å². The van der Waals surface area contributed by atoms with Crippen molar-refractivity contribution in [1.82, 2.24) is 15.3 Å². The fraction of sp³-hybridized carbons (Fsp3) is 0.167. The molecule has 2 heterocycles. The summed E-state index contributed by atoms with van der Waals surface area (Å²) in [5.41, 5.74) is 0. The molecular formula is C18H17N3O3S. The molecule has 1 amide bonds. The van der Waals surface area contributed by atoms with Crippen molar-refractivity contribution in [2.45, 2.75) is 10.9 Å². The van der Waals surface area contributed by atoms with E-state index in [9.17, 15) is 4.79 Å². The number of carbonyl (C=O) groups is 1. The third-order valence-corrected chi connectivity index (χ3v) is 4.07. The van der Waals surface area contributed by atoms with Gasteiger partial charge in [0.15, 0.2) is 10.9 Å². The molecule has 0 radical (unpaired) electrons. The second-order valence-corrected chi connectivity index (χ2v) is 5.95. The first-order valence-corrected chi connectivity index (χ1v) is 8.74. The summed E-state index contributed by atoms with van der Waals surface area (Å²) >= 11 is 1.45. The maximum atomic E-state index is 12.1. The van der Waals surface area contributed by atoms with Crippen LogP contribution in [0.15, 0.2) is 70.5 Å². The summed E-state index contributed by atoms with van der Waals surface area (Å²) in [5, 5.41) is 3.44. The average molecular weight is 355 g/mol. The number of furan rings is 1. The van der Waals surface area contributed by atoms with E-state index >= 15 is 0 Å². The molecule has 0 unspecified atom stereocenters. The highest BCUT2D eigenvalue weighted by atomic mass is 32.2. The third-order valence-electron chi connectivity index (χ3n) is 3.17. The summed E-state index contributed by atoms with van der Waals surface area (Å²) in [6.07, 6.45) is 3.38. The van der Waals surface area contributed by atoms with E-state index in [2.05, 4.69) is 15.3 Å². The zero-order chi connectivity index (χ0) is 17.3. The zero-order valence-corrected chi connectivity index (χ0v) is 14.2. The number of ether oxygens (including phenoxy) is 1. The molecule has 1 N–H and O–H groups in total. The average Bonchev–Trinajstić information content (AvgIpc) is 3.14. The van der Waals surface area contributed by atoms with Crippen LogP contribution in [0.25, 0.3) is 0 Å². The highest BCUT2D eigenvalue weighted by Crippen LogP contribution is 2.20. The molecule has 128 valence electrons. The quantitative estimate of drug-likeness (QED) is 0.380. The van der Waals surface area contributed by atoms with Crippen LogP contribution in [0.3, 0.4) is 0 Å². The minimum absolute atomic E-state index is 0.260. The lowest BCUT2D eigenvalue weighted by atomic mass is 10.3. The van der Waals surface area contributed by atoms with Gasteiger partial charge in [0.2, 0.25) is 0 Å². The second-order valence-electron chi connectivity index (χ2n) is 5.00. The van der Waals surface area contributed by atoms with Crippen molar-refractivity contribution in [2.24, 2.45) is 0 Å². The maximum Gasteiger partial charge on any atom is 0.287 e. The van der Waals surface area contributed by atoms with E-state index in [0.29, 0.717) is 29.8 Å². The van der Waals surface area contributed by atoms with Crippen molar-refractivity contribution in [3.05, 3.63) is 72.4 Å². The summed E-state index contributed by atoms with van der Waals surface area (Å²) in [6.45, 7) is 0.793. The molecule has 0 aliphatic carbocycles. The lowest BCUT2D eigenvalue weighted by Gasteiger charge is -2.06. The molecule has 7 heteroatoms. The van der Waals surface area contributed by atoms with Crippen LogP contribution in [0.5, 0.6) is 5.75 Å². The van der Waals surface area contributed by atoms with Gasteiger partial charge in [-0.25, -0.2) is 9.97 Å². The van der Waals surface area contributed by atoms with Gasteiger partial charge in [-0.3, -0.25) is 4.79 Å². The topological polar surface area (TPSA) is 77.2 Å². The van der Waals surface area contributed by atoms with Gasteiger partial charge in [0.05, 0.1) is 12.3 Å². The van der Waals surface area contributed by atoms with Gasteiger partial charge < -0.3 is 14.5 Å². The molecule has 25 heavy (non-hydrogen) atoms. The predicted molar refractivity (Wildman–Crippen MR) is 94.6 cm³/mol. The molecule has 0 saturated heterocycles. The Hall–Kier alpha value is -2.80. The van der Waals surface area contributed by atoms with Gasteiger partial charge in [0.1, 0.15) is 18.1 Å². The van der Waals surface area contributed by atoms with Gasteiger partial charge in [-0.05, 0) is 30.3 Å². The van der Waals surface area contributed by atoms with Gasteiger partial charge in [-0.2, -0.15) is 0 Å². The molecule has 0 aliphatic heterocycles. The molecule has 0 bridgehead atoms. The van der Waals surface area contributed by atoms with Crippen LogP contribution in [0.1, 0.15) is 16.3 Å². The summed E-state index contributed by atoms with van der Waals surface area (Å²) in [5.74, 6) is 2.06. The smallest absolute Gasteiger partial charge is 0.287 e. The number of hydrogen-bond donors (Lipinski definition) is 1. The SMILES string of the molecule is O=C(NCCOc1ccccc1)c1ccc(CSc2ncccn2)o1. The van der Waals surface area contributed by atoms with E-state index in [1.165, 1.54) is 11.8 Å². The number of nitrogens with zero attached hydrogens (tertiary/aromatic N) is 2. The Morgan fingerprint density at radius 3 is 2.68 bits per heavy atom. The van der Waals surface area contributed by atoms with Crippen LogP contribution in [0.2, 0.25) is 0 Å². The number of amides is 1. The van der Waals surface area contributed by atoms with E-state index in [-0.39, 0.29) is 11.7 Å². The van der Waals surface area contributed by atoms with E-state index in [0.717, 1.165) is 5.75 Å². The Morgan fingerprint density at radius 2 is 1.88 bits per heavy atom. The van der Waals surface area contributed by atoms with Crippen LogP contribution in [-0.2, 0) is 5.75 Å². The number of para-hydroxylation sites is 1. The number of thioether (sulfide) groups is 1. The van der Waals surface area contributed by atoms with E-state index in [1.807, 2.05) is 30.3 Å². The number of nitrogens with one attached hydrogen (secondary N) is 1. The van der Waals surface area contributed by atoms with Gasteiger partial charge in [-0.15, -0.1) is 0 Å². The fourth-order valence-electron chi connectivity index (χ4n) is 2.01. The first-order chi connectivity index (χ1) is 12.3. The molecule has 2 aromatic heterocycles. The molecule has 0 fully saturated rings. The largest absolute Gasteiger partial charge is 0.492 e. The van der Waals surface area contributed by atoms with Crippen molar-refractivity contribution >= 4 is 17.7 Å². The Balaban J connectivity index is 1.41. The molecule has 0 spiro atoms. The number of hydrogen-bond acceptors (Lipinski definition) is 6. The normalized spacial score (nSPS) is 10.4. The Kier molecular flexibility index (Phi) is 6.06. The van der Waals surface area contributed by atoms with Crippen LogP contribution in [0.4, 0.5) is 0 Å². The lowest BCUT2D eigenvalue weighted by Crippen LogP contribution is -2.27. The predicted octanol–water partition coefficient (Wildman–Crippen LogP) is 3.17. The first-order valence-electron chi connectivity index (χ1n) is 7.76. The summed E-state index contributed by atoms with van der Waals surface area (Å²) in [6, 6.07) is 14.7. The lowest BCUT2D eigenvalue weighted by molar-refractivity contribution is 0.0918. The highest BCUT2D eigenvalue weighted by Gasteiger charge is 2.11. The summed E-state index contributed by atoms with van der Waals surface area (Å²) in [7, 11) is 0. The van der Waals surface area contributed by atoms with Crippen molar-refractivity contribution in [1.29, 1.82) is 0 Å². The molecule has 3 rings (SSSR count). The molecule has 0 saturated carbocycles. The van der Waals surface area contributed by atoms with Crippen LogP contribution >= 0.6 is 11.8 Å². The second kappa shape index (κ2) is 8.89. The summed E-state index contributed by atoms with van der Waals surface area (Å²) < 4.78 is 11.1. The highest BCUT2D eigenvalue weighted by molar-refractivity contribution is 7.98. The van der Waals surface area contributed by atoms with Gasteiger partial charge >= 0.3 is 0 Å². The Bertz CT molecular complexity index is 794. The molecule has 0 atom stereocenters. The van der Waals surface area contributed by atoms with Gasteiger partial charge in [0.25, 0.3) is 5.91 Å². The standard InChI is InChI=1S/C18H17N3O3S/c22-17(19-11-12-23-14-5-2-1-3-6-14)16-8-7-15(24-16)13-25-18-20-9-4-10-21-18/h1-10H,11-13H2,(H,19,22). The molecule has 3 aromatic rings. The number of aromatic nitrogens is 2. The number of rotatable bonds is 8. The van der Waals surface area contributed by atoms with Crippen molar-refractivity contribution < 1.29 is 13.9 Å².